The summed E-state index contributed by atoms with van der Waals surface area (Å²) in [7, 11) is 1.43. The molecule has 0 unspecified atom stereocenters. The van der Waals surface area contributed by atoms with Crippen LogP contribution < -0.4 is 5.32 Å². The van der Waals surface area contributed by atoms with Crippen LogP contribution in [0.25, 0.3) is 0 Å². The first-order chi connectivity index (χ1) is 6.57. The van der Waals surface area contributed by atoms with E-state index in [1.54, 1.807) is 6.92 Å². The molecule has 0 fully saturated rings. The standard InChI is InChI=1S/C9H14N2O3/c1-3-4-5-6-10-9(14)11(2)7-8(12)13/h5-7H2,1-2H3,(H,10,14)(H,12,13). The molecule has 0 bridgehead atoms. The molecule has 0 heterocycles. The zero-order valence-corrected chi connectivity index (χ0v) is 8.33. The van der Waals surface area contributed by atoms with E-state index in [0.717, 1.165) is 4.90 Å². The molecular formula is C9H14N2O3. The fraction of sp³-hybridized carbons (Fsp3) is 0.556. The van der Waals surface area contributed by atoms with Gasteiger partial charge in [0, 0.05) is 20.0 Å². The maximum Gasteiger partial charge on any atom is 0.323 e. The van der Waals surface area contributed by atoms with Crippen molar-refractivity contribution in [2.75, 3.05) is 20.1 Å². The molecule has 14 heavy (non-hydrogen) atoms. The first-order valence-electron chi connectivity index (χ1n) is 4.18. The molecule has 0 aromatic heterocycles. The number of nitrogens with zero attached hydrogens (tertiary/aromatic N) is 1. The molecule has 2 amide bonds. The van der Waals surface area contributed by atoms with E-state index >= 15 is 0 Å². The van der Waals surface area contributed by atoms with Crippen molar-refractivity contribution in [1.29, 1.82) is 0 Å². The highest BCUT2D eigenvalue weighted by Crippen LogP contribution is 1.84. The van der Waals surface area contributed by atoms with Crippen LogP contribution in [-0.2, 0) is 4.79 Å². The van der Waals surface area contributed by atoms with Crippen molar-refractivity contribution in [1.82, 2.24) is 10.2 Å². The second-order valence-corrected chi connectivity index (χ2v) is 2.66. The number of amides is 2. The first-order valence-corrected chi connectivity index (χ1v) is 4.18. The van der Waals surface area contributed by atoms with Gasteiger partial charge in [0.15, 0.2) is 0 Å². The molecule has 78 valence electrons. The van der Waals surface area contributed by atoms with Gasteiger partial charge in [0.05, 0.1) is 0 Å². The number of carboxylic acids is 1. The number of carboxylic acid groups (broad SMARTS) is 1. The lowest BCUT2D eigenvalue weighted by Crippen LogP contribution is -2.40. The third kappa shape index (κ3) is 5.89. The van der Waals surface area contributed by atoms with E-state index in [1.165, 1.54) is 7.05 Å². The number of carbonyl (C=O) groups is 2. The first kappa shape index (κ1) is 12.3. The highest BCUT2D eigenvalue weighted by Gasteiger charge is 2.10. The highest BCUT2D eigenvalue weighted by molar-refractivity contribution is 5.79. The van der Waals surface area contributed by atoms with Crippen LogP contribution in [0.4, 0.5) is 4.79 Å². The number of aliphatic carboxylic acids is 1. The van der Waals surface area contributed by atoms with Crippen LogP contribution in [0.1, 0.15) is 13.3 Å². The quantitative estimate of drug-likeness (QED) is 0.498. The molecule has 0 aromatic rings. The normalized spacial score (nSPS) is 8.43. The molecule has 0 saturated carbocycles. The molecule has 0 atom stereocenters. The smallest absolute Gasteiger partial charge is 0.323 e. The molecular weight excluding hydrogens is 184 g/mol. The van der Waals surface area contributed by atoms with Gasteiger partial charge in [-0.15, -0.1) is 11.8 Å². The lowest BCUT2D eigenvalue weighted by atomic mass is 10.4. The highest BCUT2D eigenvalue weighted by atomic mass is 16.4. The van der Waals surface area contributed by atoms with Crippen molar-refractivity contribution in [3.8, 4) is 11.8 Å². The third-order valence-corrected chi connectivity index (χ3v) is 1.42. The van der Waals surface area contributed by atoms with Gasteiger partial charge >= 0.3 is 12.0 Å². The van der Waals surface area contributed by atoms with Gasteiger partial charge in [-0.2, -0.15) is 0 Å². The summed E-state index contributed by atoms with van der Waals surface area (Å²) in [6, 6.07) is -0.398. The van der Waals surface area contributed by atoms with Crippen molar-refractivity contribution in [3.63, 3.8) is 0 Å². The summed E-state index contributed by atoms with van der Waals surface area (Å²) in [6.07, 6.45) is 0.573. The molecule has 0 spiro atoms. The minimum Gasteiger partial charge on any atom is -0.480 e. The molecule has 0 radical (unpaired) electrons. The topological polar surface area (TPSA) is 69.6 Å². The summed E-state index contributed by atoms with van der Waals surface area (Å²) < 4.78 is 0. The number of hydrogen-bond acceptors (Lipinski definition) is 2. The fourth-order valence-electron chi connectivity index (χ4n) is 0.767. The molecule has 0 aliphatic heterocycles. The minimum absolute atomic E-state index is 0.300. The van der Waals surface area contributed by atoms with E-state index in [0.29, 0.717) is 13.0 Å². The Morgan fingerprint density at radius 2 is 2.14 bits per heavy atom. The average Bonchev–Trinajstić information content (AvgIpc) is 2.11. The molecule has 0 aliphatic rings. The van der Waals surface area contributed by atoms with Gasteiger partial charge in [-0.1, -0.05) is 0 Å². The van der Waals surface area contributed by atoms with Crippen LogP contribution >= 0.6 is 0 Å². The molecule has 0 aromatic carbocycles. The molecule has 0 rings (SSSR count). The number of urea groups is 1. The van der Waals surface area contributed by atoms with Crippen LogP contribution in [0.15, 0.2) is 0 Å². The van der Waals surface area contributed by atoms with Gasteiger partial charge in [-0.25, -0.2) is 4.79 Å². The maximum atomic E-state index is 11.1. The van der Waals surface area contributed by atoms with E-state index in [1.807, 2.05) is 0 Å². The fourth-order valence-corrected chi connectivity index (χ4v) is 0.767. The Morgan fingerprint density at radius 3 is 2.64 bits per heavy atom. The number of hydrogen-bond donors (Lipinski definition) is 2. The number of rotatable bonds is 4. The van der Waals surface area contributed by atoms with E-state index in [9.17, 15) is 9.59 Å². The third-order valence-electron chi connectivity index (χ3n) is 1.42. The predicted octanol–water partition coefficient (Wildman–Crippen LogP) is 0.126. The van der Waals surface area contributed by atoms with Gasteiger partial charge in [-0.3, -0.25) is 4.79 Å². The van der Waals surface area contributed by atoms with Gasteiger partial charge in [0.25, 0.3) is 0 Å². The Balaban J connectivity index is 3.71. The zero-order valence-electron chi connectivity index (χ0n) is 8.33. The maximum absolute atomic E-state index is 11.1. The second kappa shape index (κ2) is 6.78. The average molecular weight is 198 g/mol. The monoisotopic (exact) mass is 198 g/mol. The molecule has 5 heteroatoms. The largest absolute Gasteiger partial charge is 0.480 e. The summed E-state index contributed by atoms with van der Waals surface area (Å²) in [5.41, 5.74) is 0. The lowest BCUT2D eigenvalue weighted by Gasteiger charge is -2.14. The van der Waals surface area contributed by atoms with Gasteiger partial charge < -0.3 is 15.3 Å². The summed E-state index contributed by atoms with van der Waals surface area (Å²) in [6.45, 7) is 1.85. The van der Waals surface area contributed by atoms with Gasteiger partial charge in [-0.05, 0) is 6.92 Å². The lowest BCUT2D eigenvalue weighted by molar-refractivity contribution is -0.137. The number of likely N-dealkylation sites (N-methyl/N-ethyl adjacent to an activating group) is 1. The second-order valence-electron chi connectivity index (χ2n) is 2.66. The summed E-state index contributed by atoms with van der Waals surface area (Å²) >= 11 is 0. The van der Waals surface area contributed by atoms with E-state index < -0.39 is 12.0 Å². The Kier molecular flexibility index (Phi) is 5.95. The molecule has 0 saturated heterocycles. The van der Waals surface area contributed by atoms with Crippen LogP contribution in [0.5, 0.6) is 0 Å². The Labute approximate surface area is 83.1 Å². The number of carbonyl (C=O) groups excluding carboxylic acids is 1. The van der Waals surface area contributed by atoms with Crippen LogP contribution in [0, 0.1) is 11.8 Å². The van der Waals surface area contributed by atoms with Crippen LogP contribution in [-0.4, -0.2) is 42.1 Å². The predicted molar refractivity (Wildman–Crippen MR) is 51.7 cm³/mol. The van der Waals surface area contributed by atoms with Crippen molar-refractivity contribution >= 4 is 12.0 Å². The van der Waals surface area contributed by atoms with E-state index in [2.05, 4.69) is 17.2 Å². The zero-order chi connectivity index (χ0) is 11.0. The Morgan fingerprint density at radius 1 is 1.50 bits per heavy atom. The molecule has 5 nitrogen and oxygen atoms in total. The Hall–Kier alpha value is -1.70. The van der Waals surface area contributed by atoms with Crippen molar-refractivity contribution in [3.05, 3.63) is 0 Å². The van der Waals surface area contributed by atoms with E-state index in [-0.39, 0.29) is 6.54 Å². The summed E-state index contributed by atoms with van der Waals surface area (Å²) in [5.74, 6) is 4.45. The minimum atomic E-state index is -1.03. The molecule has 2 N–H and O–H groups in total. The summed E-state index contributed by atoms with van der Waals surface area (Å²) in [5, 5.41) is 10.9. The van der Waals surface area contributed by atoms with E-state index in [4.69, 9.17) is 5.11 Å². The van der Waals surface area contributed by atoms with Crippen LogP contribution in [0.2, 0.25) is 0 Å². The van der Waals surface area contributed by atoms with Crippen molar-refractivity contribution in [2.45, 2.75) is 13.3 Å². The van der Waals surface area contributed by atoms with Gasteiger partial charge in [0.2, 0.25) is 0 Å². The molecule has 0 aliphatic carbocycles. The van der Waals surface area contributed by atoms with Crippen LogP contribution in [0.3, 0.4) is 0 Å². The SMILES string of the molecule is CC#CCCNC(=O)N(C)CC(=O)O. The number of nitrogens with one attached hydrogen (secondary N) is 1. The Bertz CT molecular complexity index is 265. The summed E-state index contributed by atoms with van der Waals surface area (Å²) in [4.78, 5) is 22.5. The van der Waals surface area contributed by atoms with Crippen molar-refractivity contribution in [2.24, 2.45) is 0 Å². The van der Waals surface area contributed by atoms with Gasteiger partial charge in [0.1, 0.15) is 6.54 Å². The van der Waals surface area contributed by atoms with Crippen molar-refractivity contribution < 1.29 is 14.7 Å².